The monoisotopic (exact) mass is 634 g/mol. The second-order valence-corrected chi connectivity index (χ2v) is 17.9. The molecule has 9 nitrogen and oxygen atoms in total. The van der Waals surface area contributed by atoms with Crippen molar-refractivity contribution in [2.45, 2.75) is 70.9 Å². The molecular formula is C35H50N6O3S. The number of piperazine rings is 1. The minimum absolute atomic E-state index is 0.0116. The highest BCUT2D eigenvalue weighted by Gasteiger charge is 2.55. The van der Waals surface area contributed by atoms with Crippen LogP contribution in [0.4, 0.5) is 27.7 Å². The number of urea groups is 1. The van der Waals surface area contributed by atoms with Crippen molar-refractivity contribution in [3.63, 3.8) is 0 Å². The van der Waals surface area contributed by atoms with E-state index in [9.17, 15) is 13.2 Å². The van der Waals surface area contributed by atoms with Crippen molar-refractivity contribution in [2.75, 3.05) is 66.0 Å². The lowest BCUT2D eigenvalue weighted by Gasteiger charge is -2.60. The fraction of sp³-hybridized carbons (Fsp3) is 0.657. The molecule has 1 aromatic heterocycles. The van der Waals surface area contributed by atoms with Crippen LogP contribution in [0, 0.1) is 23.2 Å². The number of sulfone groups is 1. The van der Waals surface area contributed by atoms with E-state index in [2.05, 4.69) is 59.0 Å². The van der Waals surface area contributed by atoms with Gasteiger partial charge in [-0.15, -0.1) is 0 Å². The zero-order valence-electron chi connectivity index (χ0n) is 27.4. The summed E-state index contributed by atoms with van der Waals surface area (Å²) in [6, 6.07) is 12.6. The summed E-state index contributed by atoms with van der Waals surface area (Å²) in [6.45, 7) is 12.2. The number of pyridine rings is 1. The molecule has 244 valence electrons. The van der Waals surface area contributed by atoms with E-state index in [1.165, 1.54) is 6.26 Å². The van der Waals surface area contributed by atoms with Gasteiger partial charge in [0.2, 0.25) is 0 Å². The number of carbonyl (C=O) groups is 1. The van der Waals surface area contributed by atoms with Gasteiger partial charge >= 0.3 is 6.03 Å². The van der Waals surface area contributed by atoms with Crippen LogP contribution in [-0.4, -0.2) is 87.2 Å². The van der Waals surface area contributed by atoms with Gasteiger partial charge in [-0.05, 0) is 107 Å². The van der Waals surface area contributed by atoms with Crippen molar-refractivity contribution in [1.82, 2.24) is 15.2 Å². The zero-order chi connectivity index (χ0) is 31.6. The third-order valence-electron chi connectivity index (χ3n) is 11.6. The molecule has 3 heterocycles. The Morgan fingerprint density at radius 3 is 2.24 bits per heavy atom. The SMILES string of the molecule is CC(C)(C)N1CCN(c2ccc(N3CCN(C(=O)NC4C5CC6CC4CC(CCS(C)(=O)=O)(C6)C5)c4ccccc43)nc2)CC1. The fourth-order valence-corrected chi connectivity index (χ4v) is 10.3. The van der Waals surface area contributed by atoms with Gasteiger partial charge in [0.25, 0.3) is 0 Å². The maximum Gasteiger partial charge on any atom is 0.322 e. The molecule has 2 aliphatic heterocycles. The number of anilines is 4. The van der Waals surface area contributed by atoms with Crippen LogP contribution in [0.2, 0.25) is 0 Å². The number of amides is 2. The van der Waals surface area contributed by atoms with E-state index in [4.69, 9.17) is 4.98 Å². The van der Waals surface area contributed by atoms with Crippen molar-refractivity contribution in [2.24, 2.45) is 23.2 Å². The topological polar surface area (TPSA) is 89.1 Å². The summed E-state index contributed by atoms with van der Waals surface area (Å²) < 4.78 is 23.9. The lowest BCUT2D eigenvalue weighted by Crippen LogP contribution is -2.61. The summed E-state index contributed by atoms with van der Waals surface area (Å²) >= 11 is 0. The number of fused-ring (bicyclic) bond motifs is 1. The largest absolute Gasteiger partial charge is 0.368 e. The molecule has 0 radical (unpaired) electrons. The highest BCUT2D eigenvalue weighted by atomic mass is 32.2. The van der Waals surface area contributed by atoms with Crippen LogP contribution >= 0.6 is 0 Å². The predicted octanol–water partition coefficient (Wildman–Crippen LogP) is 5.30. The molecule has 4 aliphatic carbocycles. The van der Waals surface area contributed by atoms with Gasteiger partial charge in [0.1, 0.15) is 15.7 Å². The van der Waals surface area contributed by atoms with Gasteiger partial charge in [-0.3, -0.25) is 9.80 Å². The number of hydrogen-bond donors (Lipinski definition) is 1. The molecule has 1 N–H and O–H groups in total. The quantitative estimate of drug-likeness (QED) is 0.462. The van der Waals surface area contributed by atoms with Crippen LogP contribution in [0.15, 0.2) is 42.6 Å². The first-order valence-corrected chi connectivity index (χ1v) is 19.0. The third kappa shape index (κ3) is 6.16. The van der Waals surface area contributed by atoms with E-state index >= 15 is 0 Å². The van der Waals surface area contributed by atoms with Crippen LogP contribution in [0.1, 0.15) is 59.3 Å². The molecule has 10 heteroatoms. The molecule has 4 saturated carbocycles. The lowest BCUT2D eigenvalue weighted by molar-refractivity contribution is -0.0743. The summed E-state index contributed by atoms with van der Waals surface area (Å²) in [5.74, 6) is 2.74. The van der Waals surface area contributed by atoms with E-state index in [1.54, 1.807) is 0 Å². The Morgan fingerprint density at radius 1 is 0.933 bits per heavy atom. The molecule has 8 rings (SSSR count). The maximum atomic E-state index is 13.9. The standard InChI is InChI=1S/C35H50N6O3S/c1-34(2,3)39-14-12-38(13-15-39)28-9-10-31(36-24-28)40-16-17-41(30-8-6-5-7-29(30)40)33(42)37-32-26-19-25-20-27(32)23-35(21-25,22-26)11-18-45(4,43)44/h5-10,24-27,32H,11-23H2,1-4H3,(H,37,42). The molecule has 5 fully saturated rings. The summed E-state index contributed by atoms with van der Waals surface area (Å²) in [7, 11) is -2.97. The van der Waals surface area contributed by atoms with E-state index in [-0.39, 0.29) is 28.8 Å². The first-order valence-electron chi connectivity index (χ1n) is 17.0. The molecule has 2 unspecified atom stereocenters. The first kappa shape index (κ1) is 30.8. The van der Waals surface area contributed by atoms with Gasteiger partial charge in [-0.2, -0.15) is 0 Å². The smallest absolute Gasteiger partial charge is 0.322 e. The predicted molar refractivity (Wildman–Crippen MR) is 181 cm³/mol. The second kappa shape index (κ2) is 11.4. The molecule has 1 saturated heterocycles. The van der Waals surface area contributed by atoms with E-state index in [0.717, 1.165) is 87.6 Å². The van der Waals surface area contributed by atoms with Gasteiger partial charge < -0.3 is 15.1 Å². The minimum Gasteiger partial charge on any atom is -0.368 e. The zero-order valence-corrected chi connectivity index (χ0v) is 28.2. The molecule has 6 aliphatic rings. The molecule has 2 atom stereocenters. The summed E-state index contributed by atoms with van der Waals surface area (Å²) in [5, 5.41) is 3.50. The Morgan fingerprint density at radius 2 is 1.62 bits per heavy atom. The van der Waals surface area contributed by atoms with Crippen LogP contribution in [0.5, 0.6) is 0 Å². The number of para-hydroxylation sites is 2. The average molecular weight is 635 g/mol. The Balaban J connectivity index is 1.02. The van der Waals surface area contributed by atoms with Crippen molar-refractivity contribution >= 4 is 38.7 Å². The number of aromatic nitrogens is 1. The number of hydrogen-bond acceptors (Lipinski definition) is 7. The summed E-state index contributed by atoms with van der Waals surface area (Å²) in [5.41, 5.74) is 3.41. The normalized spacial score (nSPS) is 30.0. The summed E-state index contributed by atoms with van der Waals surface area (Å²) in [6.07, 6.45) is 9.68. The molecule has 4 bridgehead atoms. The minimum atomic E-state index is -2.97. The molecule has 2 aromatic rings. The molecule has 0 spiro atoms. The Hall–Kier alpha value is -2.85. The molecular weight excluding hydrogens is 584 g/mol. The van der Waals surface area contributed by atoms with Gasteiger partial charge in [-0.25, -0.2) is 18.2 Å². The number of nitrogens with zero attached hydrogens (tertiary/aromatic N) is 5. The number of rotatable bonds is 6. The van der Waals surface area contributed by atoms with Crippen LogP contribution in [0.25, 0.3) is 0 Å². The van der Waals surface area contributed by atoms with Crippen LogP contribution < -0.4 is 20.0 Å². The molecule has 1 aromatic carbocycles. The van der Waals surface area contributed by atoms with Crippen LogP contribution in [-0.2, 0) is 9.84 Å². The number of nitrogens with one attached hydrogen (secondary N) is 1. The molecule has 45 heavy (non-hydrogen) atoms. The van der Waals surface area contributed by atoms with Gasteiger partial charge in [0, 0.05) is 57.1 Å². The van der Waals surface area contributed by atoms with Crippen LogP contribution in [0.3, 0.4) is 0 Å². The van der Waals surface area contributed by atoms with Gasteiger partial charge in [0.05, 0.1) is 29.0 Å². The van der Waals surface area contributed by atoms with E-state index in [0.29, 0.717) is 30.8 Å². The van der Waals surface area contributed by atoms with Crippen molar-refractivity contribution in [3.05, 3.63) is 42.6 Å². The Labute approximate surface area is 269 Å². The number of benzene rings is 1. The Kier molecular flexibility index (Phi) is 7.83. The number of carbonyl (C=O) groups excluding carboxylic acids is 1. The maximum absolute atomic E-state index is 13.9. The van der Waals surface area contributed by atoms with E-state index < -0.39 is 9.84 Å². The average Bonchev–Trinajstić information content (AvgIpc) is 3.00. The lowest BCUT2D eigenvalue weighted by atomic mass is 9.47. The van der Waals surface area contributed by atoms with Crippen molar-refractivity contribution < 1.29 is 13.2 Å². The second-order valence-electron chi connectivity index (χ2n) is 15.6. The van der Waals surface area contributed by atoms with Gasteiger partial charge in [-0.1, -0.05) is 12.1 Å². The molecule has 2 amide bonds. The third-order valence-corrected chi connectivity index (χ3v) is 12.5. The summed E-state index contributed by atoms with van der Waals surface area (Å²) in [4.78, 5) is 28.0. The van der Waals surface area contributed by atoms with E-state index in [1.807, 2.05) is 29.3 Å². The first-order chi connectivity index (χ1) is 21.4. The highest BCUT2D eigenvalue weighted by Crippen LogP contribution is 2.61. The van der Waals surface area contributed by atoms with Crippen molar-refractivity contribution in [3.8, 4) is 0 Å². The highest BCUT2D eigenvalue weighted by molar-refractivity contribution is 7.90. The van der Waals surface area contributed by atoms with Gasteiger partial charge in [0.15, 0.2) is 0 Å². The Bertz CT molecular complexity index is 1500. The van der Waals surface area contributed by atoms with Crippen molar-refractivity contribution in [1.29, 1.82) is 0 Å². The fourth-order valence-electron chi connectivity index (χ4n) is 9.53.